The van der Waals surface area contributed by atoms with Crippen molar-refractivity contribution in [2.45, 2.75) is 0 Å². The van der Waals surface area contributed by atoms with Gasteiger partial charge in [0.25, 0.3) is 0 Å². The number of pyridine rings is 3. The Labute approximate surface area is 280 Å². The van der Waals surface area contributed by atoms with Crippen molar-refractivity contribution in [2.75, 3.05) is 0 Å². The van der Waals surface area contributed by atoms with Crippen LogP contribution in [0.5, 0.6) is 0 Å². The van der Waals surface area contributed by atoms with Gasteiger partial charge < -0.3 is 0 Å². The van der Waals surface area contributed by atoms with Gasteiger partial charge in [0.05, 0.1) is 0 Å². The Kier molecular flexibility index (Phi) is 7.92. The van der Waals surface area contributed by atoms with Gasteiger partial charge in [0.15, 0.2) is 0 Å². The Morgan fingerprint density at radius 1 is 0.208 bits per heavy atom. The van der Waals surface area contributed by atoms with Gasteiger partial charge in [0.2, 0.25) is 0 Å². The van der Waals surface area contributed by atoms with Crippen LogP contribution in [0.3, 0.4) is 0 Å². The molecule has 0 aliphatic rings. The SMILES string of the molecule is c1cncc(-c2cccc(-c3cccc(-c4cc(-c5cccnc5)cc(-c5cccc(-c6cccc(-c7cccnc7)c6)c5)c4)c3)c2)c1. The van der Waals surface area contributed by atoms with Crippen LogP contribution in [0.15, 0.2) is 189 Å². The number of aromatic nitrogens is 3. The van der Waals surface area contributed by atoms with E-state index in [1.54, 1.807) is 0 Å². The molecule has 0 atom stereocenters. The van der Waals surface area contributed by atoms with Gasteiger partial charge in [-0.2, -0.15) is 0 Å². The van der Waals surface area contributed by atoms with Gasteiger partial charge in [-0.05, 0) is 122 Å². The van der Waals surface area contributed by atoms with Crippen molar-refractivity contribution < 1.29 is 0 Å². The van der Waals surface area contributed by atoms with Crippen LogP contribution in [0.4, 0.5) is 0 Å². The molecule has 3 nitrogen and oxygen atoms in total. The summed E-state index contributed by atoms with van der Waals surface area (Å²) >= 11 is 0. The van der Waals surface area contributed by atoms with Crippen LogP contribution in [-0.2, 0) is 0 Å². The summed E-state index contributed by atoms with van der Waals surface area (Å²) in [5.41, 5.74) is 16.0. The quantitative estimate of drug-likeness (QED) is 0.179. The van der Waals surface area contributed by atoms with Gasteiger partial charge in [0, 0.05) is 53.9 Å². The zero-order chi connectivity index (χ0) is 32.1. The number of hydrogen-bond acceptors (Lipinski definition) is 3. The summed E-state index contributed by atoms with van der Waals surface area (Å²) in [6.45, 7) is 0. The summed E-state index contributed by atoms with van der Waals surface area (Å²) in [7, 11) is 0. The van der Waals surface area contributed by atoms with Crippen LogP contribution in [0.2, 0.25) is 0 Å². The molecule has 3 heteroatoms. The topological polar surface area (TPSA) is 38.7 Å². The maximum absolute atomic E-state index is 4.43. The van der Waals surface area contributed by atoms with Crippen LogP contribution >= 0.6 is 0 Å². The molecule has 0 spiro atoms. The van der Waals surface area contributed by atoms with E-state index in [4.69, 9.17) is 0 Å². The Hall–Kier alpha value is -6.45. The molecule has 5 aromatic carbocycles. The second kappa shape index (κ2) is 13.1. The molecule has 0 amide bonds. The highest BCUT2D eigenvalue weighted by Crippen LogP contribution is 2.36. The standard InChI is InChI=1S/C45H31N3/c1-8-32(22-36(12-1)40-16-5-19-46-29-40)34-10-3-14-38(24-34)43-26-44(28-45(27-43)42-18-7-21-48-31-42)39-15-4-11-35(25-39)33-9-2-13-37(23-33)41-17-6-20-47-30-41/h1-31H. The van der Waals surface area contributed by atoms with Gasteiger partial charge in [-0.3, -0.25) is 15.0 Å². The summed E-state index contributed by atoms with van der Waals surface area (Å²) in [6, 6.07) is 54.1. The summed E-state index contributed by atoms with van der Waals surface area (Å²) in [6.07, 6.45) is 11.2. The first-order valence-corrected chi connectivity index (χ1v) is 16.0. The molecule has 0 radical (unpaired) electrons. The monoisotopic (exact) mass is 613 g/mol. The molecule has 8 aromatic rings. The zero-order valence-corrected chi connectivity index (χ0v) is 26.2. The van der Waals surface area contributed by atoms with Crippen LogP contribution in [-0.4, -0.2) is 15.0 Å². The van der Waals surface area contributed by atoms with E-state index in [0.717, 1.165) is 55.6 Å². The molecule has 48 heavy (non-hydrogen) atoms. The average molecular weight is 614 g/mol. The Morgan fingerprint density at radius 2 is 0.417 bits per heavy atom. The van der Waals surface area contributed by atoms with Gasteiger partial charge in [-0.15, -0.1) is 0 Å². The highest BCUT2D eigenvalue weighted by atomic mass is 14.6. The Bertz CT molecular complexity index is 2190. The van der Waals surface area contributed by atoms with E-state index < -0.39 is 0 Å². The van der Waals surface area contributed by atoms with Crippen molar-refractivity contribution in [2.24, 2.45) is 0 Å². The van der Waals surface area contributed by atoms with Gasteiger partial charge >= 0.3 is 0 Å². The molecule has 0 bridgehead atoms. The minimum atomic E-state index is 1.08. The normalized spacial score (nSPS) is 10.9. The highest BCUT2D eigenvalue weighted by Gasteiger charge is 2.11. The van der Waals surface area contributed by atoms with E-state index in [9.17, 15) is 0 Å². The van der Waals surface area contributed by atoms with E-state index in [-0.39, 0.29) is 0 Å². The smallest absolute Gasteiger partial charge is 0.0346 e. The molecule has 0 unspecified atom stereocenters. The molecule has 0 N–H and O–H groups in total. The van der Waals surface area contributed by atoms with Gasteiger partial charge in [-0.1, -0.05) is 91.0 Å². The first-order valence-electron chi connectivity index (χ1n) is 16.0. The fourth-order valence-electron chi connectivity index (χ4n) is 6.24. The van der Waals surface area contributed by atoms with E-state index in [2.05, 4.69) is 148 Å². The molecule has 0 fully saturated rings. The molecule has 3 heterocycles. The van der Waals surface area contributed by atoms with Gasteiger partial charge in [-0.25, -0.2) is 0 Å². The third kappa shape index (κ3) is 6.18. The van der Waals surface area contributed by atoms with Crippen molar-refractivity contribution in [3.8, 4) is 77.9 Å². The Morgan fingerprint density at radius 3 is 0.708 bits per heavy atom. The van der Waals surface area contributed by atoms with E-state index in [0.29, 0.717) is 0 Å². The molecule has 0 saturated heterocycles. The van der Waals surface area contributed by atoms with E-state index in [1.807, 2.05) is 55.4 Å². The minimum absolute atomic E-state index is 1.08. The predicted molar refractivity (Wildman–Crippen MR) is 198 cm³/mol. The molecule has 226 valence electrons. The molecule has 8 rings (SSSR count). The predicted octanol–water partition coefficient (Wildman–Crippen LogP) is 11.5. The molecule has 0 saturated carbocycles. The van der Waals surface area contributed by atoms with E-state index in [1.165, 1.54) is 22.3 Å². The second-order valence-corrected chi connectivity index (χ2v) is 11.8. The van der Waals surface area contributed by atoms with Crippen molar-refractivity contribution in [3.05, 3.63) is 189 Å². The van der Waals surface area contributed by atoms with Crippen LogP contribution < -0.4 is 0 Å². The molecular weight excluding hydrogens is 583 g/mol. The summed E-state index contributed by atoms with van der Waals surface area (Å²) < 4.78 is 0. The minimum Gasteiger partial charge on any atom is -0.264 e. The largest absolute Gasteiger partial charge is 0.264 e. The van der Waals surface area contributed by atoms with Gasteiger partial charge in [0.1, 0.15) is 0 Å². The number of nitrogens with zero attached hydrogens (tertiary/aromatic N) is 3. The summed E-state index contributed by atoms with van der Waals surface area (Å²) in [4.78, 5) is 13.1. The van der Waals surface area contributed by atoms with E-state index >= 15 is 0 Å². The van der Waals surface area contributed by atoms with Crippen LogP contribution in [0.25, 0.3) is 77.9 Å². The third-order valence-corrected chi connectivity index (χ3v) is 8.70. The maximum atomic E-state index is 4.43. The second-order valence-electron chi connectivity index (χ2n) is 11.8. The summed E-state index contributed by atoms with van der Waals surface area (Å²) in [5.74, 6) is 0. The first kappa shape index (κ1) is 29.0. The fourth-order valence-corrected chi connectivity index (χ4v) is 6.24. The van der Waals surface area contributed by atoms with Crippen LogP contribution in [0, 0.1) is 0 Å². The lowest BCUT2D eigenvalue weighted by Crippen LogP contribution is -1.88. The third-order valence-electron chi connectivity index (χ3n) is 8.70. The number of hydrogen-bond donors (Lipinski definition) is 0. The maximum Gasteiger partial charge on any atom is 0.0346 e. The average Bonchev–Trinajstić information content (AvgIpc) is 3.19. The zero-order valence-electron chi connectivity index (χ0n) is 26.2. The molecule has 0 aliphatic carbocycles. The van der Waals surface area contributed by atoms with Crippen molar-refractivity contribution >= 4 is 0 Å². The number of benzene rings is 5. The Balaban J connectivity index is 1.20. The highest BCUT2D eigenvalue weighted by molar-refractivity contribution is 5.85. The lowest BCUT2D eigenvalue weighted by atomic mass is 9.91. The van der Waals surface area contributed by atoms with Crippen LogP contribution in [0.1, 0.15) is 0 Å². The number of rotatable bonds is 7. The molecular formula is C45H31N3. The lowest BCUT2D eigenvalue weighted by Gasteiger charge is -2.13. The summed E-state index contributed by atoms with van der Waals surface area (Å²) in [5, 5.41) is 0. The van der Waals surface area contributed by atoms with Crippen molar-refractivity contribution in [3.63, 3.8) is 0 Å². The van der Waals surface area contributed by atoms with Crippen molar-refractivity contribution in [1.82, 2.24) is 15.0 Å². The van der Waals surface area contributed by atoms with Crippen molar-refractivity contribution in [1.29, 1.82) is 0 Å². The lowest BCUT2D eigenvalue weighted by molar-refractivity contribution is 1.33. The first-order chi connectivity index (χ1) is 23.8. The molecule has 3 aromatic heterocycles. The fraction of sp³-hybridized carbons (Fsp3) is 0. The molecule has 0 aliphatic heterocycles.